The van der Waals surface area contributed by atoms with Crippen LogP contribution in [0.1, 0.15) is 18.1 Å². The predicted molar refractivity (Wildman–Crippen MR) is 71.0 cm³/mol. The van der Waals surface area contributed by atoms with E-state index in [4.69, 9.17) is 10.5 Å². The lowest BCUT2D eigenvalue weighted by molar-refractivity contribution is -0.0974. The van der Waals surface area contributed by atoms with E-state index in [0.29, 0.717) is 25.2 Å². The fraction of sp³-hybridized carbons (Fsp3) is 0.571. The van der Waals surface area contributed by atoms with Gasteiger partial charge in [-0.15, -0.1) is 0 Å². The molecule has 1 aromatic carbocycles. The minimum absolute atomic E-state index is 0.00453. The molecule has 3 N–H and O–H groups in total. The van der Waals surface area contributed by atoms with Crippen LogP contribution in [0.5, 0.6) is 0 Å². The van der Waals surface area contributed by atoms with Crippen LogP contribution in [0.2, 0.25) is 0 Å². The van der Waals surface area contributed by atoms with Gasteiger partial charge in [0.1, 0.15) is 5.82 Å². The number of morpholine rings is 1. The second-order valence-electron chi connectivity index (χ2n) is 5.08. The number of rotatable bonds is 4. The number of benzene rings is 1. The monoisotopic (exact) mass is 268 g/mol. The molecule has 0 aliphatic carbocycles. The van der Waals surface area contributed by atoms with Gasteiger partial charge >= 0.3 is 0 Å². The topological polar surface area (TPSA) is 58.7 Å². The van der Waals surface area contributed by atoms with Crippen LogP contribution in [0.15, 0.2) is 18.2 Å². The van der Waals surface area contributed by atoms with E-state index >= 15 is 0 Å². The molecule has 0 bridgehead atoms. The Labute approximate surface area is 113 Å². The molecule has 2 atom stereocenters. The summed E-state index contributed by atoms with van der Waals surface area (Å²) < 4.78 is 19.5. The quantitative estimate of drug-likeness (QED) is 0.850. The van der Waals surface area contributed by atoms with Crippen molar-refractivity contribution in [2.45, 2.75) is 32.2 Å². The molecule has 2 unspecified atom stereocenters. The van der Waals surface area contributed by atoms with E-state index in [0.717, 1.165) is 12.1 Å². The van der Waals surface area contributed by atoms with Gasteiger partial charge in [-0.05, 0) is 18.6 Å². The highest BCUT2D eigenvalue weighted by Crippen LogP contribution is 2.17. The number of aliphatic hydroxyl groups is 1. The molecule has 1 aliphatic heterocycles. The fourth-order valence-corrected chi connectivity index (χ4v) is 2.46. The molecule has 106 valence electrons. The number of hydrogen-bond acceptors (Lipinski definition) is 4. The second kappa shape index (κ2) is 6.43. The molecular formula is C14H21FN2O2. The number of nitrogens with two attached hydrogens (primary N) is 1. The SMILES string of the molecule is CC1CN(Cc2ccc(CN)cc2F)CC(CO)O1. The highest BCUT2D eigenvalue weighted by atomic mass is 19.1. The lowest BCUT2D eigenvalue weighted by Crippen LogP contribution is -2.47. The number of hydrogen-bond donors (Lipinski definition) is 2. The first-order valence-corrected chi connectivity index (χ1v) is 6.58. The zero-order chi connectivity index (χ0) is 13.8. The van der Waals surface area contributed by atoms with E-state index in [2.05, 4.69) is 4.90 Å². The summed E-state index contributed by atoms with van der Waals surface area (Å²) >= 11 is 0. The molecule has 1 saturated heterocycles. The fourth-order valence-electron chi connectivity index (χ4n) is 2.46. The summed E-state index contributed by atoms with van der Waals surface area (Å²) in [6.45, 7) is 4.20. The summed E-state index contributed by atoms with van der Waals surface area (Å²) in [4.78, 5) is 2.11. The molecule has 1 fully saturated rings. The number of aliphatic hydroxyl groups excluding tert-OH is 1. The largest absolute Gasteiger partial charge is 0.394 e. The first-order chi connectivity index (χ1) is 9.12. The molecule has 1 heterocycles. The highest BCUT2D eigenvalue weighted by molar-refractivity contribution is 5.24. The lowest BCUT2D eigenvalue weighted by atomic mass is 10.1. The first-order valence-electron chi connectivity index (χ1n) is 6.58. The molecular weight excluding hydrogens is 247 g/mol. The lowest BCUT2D eigenvalue weighted by Gasteiger charge is -2.36. The first kappa shape index (κ1) is 14.4. The Morgan fingerprint density at radius 1 is 1.47 bits per heavy atom. The van der Waals surface area contributed by atoms with Crippen molar-refractivity contribution in [2.75, 3.05) is 19.7 Å². The van der Waals surface area contributed by atoms with E-state index in [9.17, 15) is 9.50 Å². The van der Waals surface area contributed by atoms with Gasteiger partial charge in [0.15, 0.2) is 0 Å². The van der Waals surface area contributed by atoms with Crippen molar-refractivity contribution in [1.29, 1.82) is 0 Å². The van der Waals surface area contributed by atoms with Crippen LogP contribution < -0.4 is 5.73 Å². The summed E-state index contributed by atoms with van der Waals surface area (Å²) in [5, 5.41) is 9.18. The third kappa shape index (κ3) is 3.73. The second-order valence-corrected chi connectivity index (χ2v) is 5.08. The maximum atomic E-state index is 13.9. The van der Waals surface area contributed by atoms with E-state index in [-0.39, 0.29) is 24.6 Å². The van der Waals surface area contributed by atoms with Gasteiger partial charge < -0.3 is 15.6 Å². The molecule has 2 rings (SSSR count). The van der Waals surface area contributed by atoms with E-state index in [1.807, 2.05) is 13.0 Å². The van der Waals surface area contributed by atoms with Crippen LogP contribution in [0.25, 0.3) is 0 Å². The van der Waals surface area contributed by atoms with E-state index < -0.39 is 0 Å². The van der Waals surface area contributed by atoms with E-state index in [1.165, 1.54) is 6.07 Å². The number of halogens is 1. The zero-order valence-corrected chi connectivity index (χ0v) is 11.2. The van der Waals surface area contributed by atoms with Crippen LogP contribution in [-0.2, 0) is 17.8 Å². The molecule has 1 aromatic rings. The van der Waals surface area contributed by atoms with Crippen LogP contribution in [-0.4, -0.2) is 41.9 Å². The van der Waals surface area contributed by atoms with Gasteiger partial charge in [-0.3, -0.25) is 4.90 Å². The average Bonchev–Trinajstić information content (AvgIpc) is 2.40. The van der Waals surface area contributed by atoms with Gasteiger partial charge in [0.2, 0.25) is 0 Å². The Morgan fingerprint density at radius 2 is 2.26 bits per heavy atom. The molecule has 0 aromatic heterocycles. The van der Waals surface area contributed by atoms with Crippen LogP contribution in [0, 0.1) is 5.82 Å². The maximum Gasteiger partial charge on any atom is 0.128 e. The Morgan fingerprint density at radius 3 is 2.89 bits per heavy atom. The van der Waals surface area contributed by atoms with Crippen molar-refractivity contribution in [3.05, 3.63) is 35.1 Å². The standard InChI is InChI=1S/C14H21FN2O2/c1-10-6-17(8-13(9-18)19-10)7-12-3-2-11(5-16)4-14(12)15/h2-4,10,13,18H,5-9,16H2,1H3. The summed E-state index contributed by atoms with van der Waals surface area (Å²) in [6.07, 6.45) is -0.132. The normalized spacial score (nSPS) is 24.6. The third-order valence-electron chi connectivity index (χ3n) is 3.35. The Bertz CT molecular complexity index is 428. The highest BCUT2D eigenvalue weighted by Gasteiger charge is 2.25. The molecule has 5 heteroatoms. The Hall–Kier alpha value is -1.01. The van der Waals surface area contributed by atoms with Crippen LogP contribution in [0.3, 0.4) is 0 Å². The van der Waals surface area contributed by atoms with Gasteiger partial charge in [-0.25, -0.2) is 4.39 Å². The summed E-state index contributed by atoms with van der Waals surface area (Å²) in [7, 11) is 0. The van der Waals surface area contributed by atoms with Crippen molar-refractivity contribution in [1.82, 2.24) is 4.90 Å². The summed E-state index contributed by atoms with van der Waals surface area (Å²) in [5.41, 5.74) is 6.94. The Balaban J connectivity index is 2.04. The maximum absolute atomic E-state index is 13.9. The molecule has 0 radical (unpaired) electrons. The summed E-state index contributed by atoms with van der Waals surface area (Å²) in [5.74, 6) is -0.220. The van der Waals surface area contributed by atoms with Gasteiger partial charge in [0, 0.05) is 31.7 Å². The molecule has 1 aliphatic rings. The molecule has 19 heavy (non-hydrogen) atoms. The van der Waals surface area contributed by atoms with Gasteiger partial charge in [0.05, 0.1) is 18.8 Å². The third-order valence-corrected chi connectivity index (χ3v) is 3.35. The molecule has 0 saturated carbocycles. The summed E-state index contributed by atoms with van der Waals surface area (Å²) in [6, 6.07) is 5.13. The van der Waals surface area contributed by atoms with Crippen molar-refractivity contribution in [2.24, 2.45) is 5.73 Å². The molecule has 0 amide bonds. The minimum atomic E-state index is -0.220. The van der Waals surface area contributed by atoms with Gasteiger partial charge in [0.25, 0.3) is 0 Å². The van der Waals surface area contributed by atoms with Crippen molar-refractivity contribution >= 4 is 0 Å². The van der Waals surface area contributed by atoms with E-state index in [1.54, 1.807) is 6.07 Å². The van der Waals surface area contributed by atoms with Crippen molar-refractivity contribution < 1.29 is 14.2 Å². The minimum Gasteiger partial charge on any atom is -0.394 e. The predicted octanol–water partition coefficient (Wildman–Crippen LogP) is 0.866. The average molecular weight is 268 g/mol. The van der Waals surface area contributed by atoms with Crippen molar-refractivity contribution in [3.63, 3.8) is 0 Å². The van der Waals surface area contributed by atoms with Crippen LogP contribution in [0.4, 0.5) is 4.39 Å². The smallest absolute Gasteiger partial charge is 0.128 e. The van der Waals surface area contributed by atoms with Crippen LogP contribution >= 0.6 is 0 Å². The zero-order valence-electron chi connectivity index (χ0n) is 11.2. The number of ether oxygens (including phenoxy) is 1. The van der Waals surface area contributed by atoms with Gasteiger partial charge in [-0.1, -0.05) is 12.1 Å². The van der Waals surface area contributed by atoms with Gasteiger partial charge in [-0.2, -0.15) is 0 Å². The van der Waals surface area contributed by atoms with Crippen molar-refractivity contribution in [3.8, 4) is 0 Å². The Kier molecular flexibility index (Phi) is 4.87. The number of nitrogens with zero attached hydrogens (tertiary/aromatic N) is 1. The molecule has 4 nitrogen and oxygen atoms in total. The molecule has 0 spiro atoms.